The molecule has 4 aromatic heterocycles. The predicted octanol–water partition coefficient (Wildman–Crippen LogP) is 4.46. The van der Waals surface area contributed by atoms with Crippen LogP contribution in [0.15, 0.2) is 53.5 Å². The third kappa shape index (κ3) is 2.61. The van der Waals surface area contributed by atoms with E-state index < -0.39 is 0 Å². The van der Waals surface area contributed by atoms with E-state index in [1.807, 2.05) is 25.2 Å². The summed E-state index contributed by atoms with van der Waals surface area (Å²) in [5.74, 6) is 1.30. The van der Waals surface area contributed by atoms with Crippen molar-refractivity contribution in [2.75, 3.05) is 5.73 Å². The number of aromatic nitrogens is 5. The number of thiophene rings is 1. The Hall–Kier alpha value is -3.10. The molecule has 0 bridgehead atoms. The van der Waals surface area contributed by atoms with E-state index in [0.29, 0.717) is 11.3 Å². The molecule has 0 aliphatic carbocycles. The van der Waals surface area contributed by atoms with Crippen LogP contribution in [0.5, 0.6) is 0 Å². The summed E-state index contributed by atoms with van der Waals surface area (Å²) in [5.41, 5.74) is 10.6. The van der Waals surface area contributed by atoms with Gasteiger partial charge in [-0.15, -0.1) is 0 Å². The second kappa shape index (κ2) is 6.26. The minimum atomic E-state index is 0.393. The van der Waals surface area contributed by atoms with E-state index in [2.05, 4.69) is 43.5 Å². The molecule has 5 rings (SSSR count). The molecule has 8 heteroatoms. The standard InChI is InChI=1S/C19H14N6S2/c1-25-15(19-24-14-16(20)21-10-22-18(14)27-19)13(11-5-3-2-4-6-11)23-17(25)12-7-8-26-9-12/h2-10H,1H3,(H2,20,21,22). The van der Waals surface area contributed by atoms with E-state index in [9.17, 15) is 0 Å². The van der Waals surface area contributed by atoms with Gasteiger partial charge in [-0.25, -0.2) is 19.9 Å². The lowest BCUT2D eigenvalue weighted by molar-refractivity contribution is 0.932. The maximum atomic E-state index is 5.99. The first-order chi connectivity index (χ1) is 13.2. The lowest BCUT2D eigenvalue weighted by Gasteiger charge is -2.04. The van der Waals surface area contributed by atoms with Crippen LogP contribution in [0, 0.1) is 0 Å². The third-order valence-corrected chi connectivity index (χ3v) is 6.00. The molecular formula is C19H14N6S2. The number of nitrogens with two attached hydrogens (primary N) is 1. The van der Waals surface area contributed by atoms with Gasteiger partial charge in [0.05, 0.1) is 5.69 Å². The zero-order chi connectivity index (χ0) is 18.4. The Bertz CT molecular complexity index is 1240. The molecule has 2 N–H and O–H groups in total. The maximum Gasteiger partial charge on any atom is 0.154 e. The number of rotatable bonds is 3. The first-order valence-electron chi connectivity index (χ1n) is 8.24. The van der Waals surface area contributed by atoms with Crippen LogP contribution in [0.1, 0.15) is 0 Å². The van der Waals surface area contributed by atoms with Crippen molar-refractivity contribution in [2.45, 2.75) is 0 Å². The van der Waals surface area contributed by atoms with Crippen LogP contribution in [-0.2, 0) is 7.05 Å². The molecular weight excluding hydrogens is 376 g/mol. The van der Waals surface area contributed by atoms with Gasteiger partial charge in [-0.05, 0) is 11.4 Å². The van der Waals surface area contributed by atoms with Gasteiger partial charge < -0.3 is 10.3 Å². The van der Waals surface area contributed by atoms with Crippen molar-refractivity contribution in [3.8, 4) is 33.3 Å². The van der Waals surface area contributed by atoms with Gasteiger partial charge in [0.15, 0.2) is 5.82 Å². The zero-order valence-corrected chi connectivity index (χ0v) is 16.0. The number of nitrogens with zero attached hydrogens (tertiary/aromatic N) is 5. The first-order valence-corrected chi connectivity index (χ1v) is 10.0. The lowest BCUT2D eigenvalue weighted by Crippen LogP contribution is -1.95. The van der Waals surface area contributed by atoms with Crippen LogP contribution < -0.4 is 5.73 Å². The van der Waals surface area contributed by atoms with Crippen molar-refractivity contribution < 1.29 is 0 Å². The number of imidazole rings is 1. The Kier molecular flexibility index (Phi) is 3.73. The molecule has 0 spiro atoms. The smallest absolute Gasteiger partial charge is 0.154 e. The molecule has 0 saturated heterocycles. The summed E-state index contributed by atoms with van der Waals surface area (Å²) in [6.45, 7) is 0. The molecule has 0 amide bonds. The molecule has 1 aromatic carbocycles. The fourth-order valence-corrected chi connectivity index (χ4v) is 4.69. The summed E-state index contributed by atoms with van der Waals surface area (Å²) in [7, 11) is 2.02. The molecule has 0 atom stereocenters. The Labute approximate surface area is 163 Å². The van der Waals surface area contributed by atoms with Gasteiger partial charge in [0.25, 0.3) is 0 Å². The highest BCUT2D eigenvalue weighted by molar-refractivity contribution is 7.21. The summed E-state index contributed by atoms with van der Waals surface area (Å²) in [6, 6.07) is 12.2. The van der Waals surface area contributed by atoms with Gasteiger partial charge in [-0.2, -0.15) is 11.3 Å². The van der Waals surface area contributed by atoms with Crippen molar-refractivity contribution in [2.24, 2.45) is 7.05 Å². The topological polar surface area (TPSA) is 82.5 Å². The third-order valence-electron chi connectivity index (χ3n) is 4.35. The average Bonchev–Trinajstić information content (AvgIpc) is 3.40. The molecule has 0 unspecified atom stereocenters. The second-order valence-electron chi connectivity index (χ2n) is 6.00. The summed E-state index contributed by atoms with van der Waals surface area (Å²) in [4.78, 5) is 18.8. The number of fused-ring (bicyclic) bond motifs is 1. The van der Waals surface area contributed by atoms with Crippen LogP contribution in [0.25, 0.3) is 43.7 Å². The number of hydrogen-bond acceptors (Lipinski definition) is 7. The highest BCUT2D eigenvalue weighted by atomic mass is 32.1. The number of hydrogen-bond donors (Lipinski definition) is 1. The van der Waals surface area contributed by atoms with Crippen molar-refractivity contribution in [3.05, 3.63) is 53.5 Å². The summed E-state index contributed by atoms with van der Waals surface area (Å²) in [6.07, 6.45) is 1.47. The first kappa shape index (κ1) is 16.1. The van der Waals surface area contributed by atoms with Gasteiger partial charge >= 0.3 is 0 Å². The molecule has 0 saturated carbocycles. The maximum absolute atomic E-state index is 5.99. The molecule has 5 aromatic rings. The highest BCUT2D eigenvalue weighted by Gasteiger charge is 2.22. The summed E-state index contributed by atoms with van der Waals surface area (Å²) in [5, 5.41) is 4.98. The Morgan fingerprint density at radius 2 is 1.85 bits per heavy atom. The number of anilines is 1. The monoisotopic (exact) mass is 390 g/mol. The van der Waals surface area contributed by atoms with Gasteiger partial charge in [-0.3, -0.25) is 0 Å². The van der Waals surface area contributed by atoms with Crippen LogP contribution in [0.4, 0.5) is 5.82 Å². The largest absolute Gasteiger partial charge is 0.382 e. The number of benzene rings is 1. The van der Waals surface area contributed by atoms with Crippen LogP contribution in [-0.4, -0.2) is 24.5 Å². The quantitative estimate of drug-likeness (QED) is 0.492. The molecule has 27 heavy (non-hydrogen) atoms. The van der Waals surface area contributed by atoms with Crippen molar-refractivity contribution in [1.29, 1.82) is 0 Å². The van der Waals surface area contributed by atoms with Crippen LogP contribution in [0.2, 0.25) is 0 Å². The van der Waals surface area contributed by atoms with E-state index in [1.165, 1.54) is 17.7 Å². The molecule has 132 valence electrons. The SMILES string of the molecule is Cn1c(-c2ccsc2)nc(-c2ccccc2)c1-c1nc2c(N)ncnc2s1. The second-order valence-corrected chi connectivity index (χ2v) is 7.76. The lowest BCUT2D eigenvalue weighted by atomic mass is 10.1. The predicted molar refractivity (Wildman–Crippen MR) is 111 cm³/mol. The van der Waals surface area contributed by atoms with Gasteiger partial charge in [0.1, 0.15) is 33.2 Å². The van der Waals surface area contributed by atoms with E-state index in [4.69, 9.17) is 15.7 Å². The number of thiazole rings is 1. The van der Waals surface area contributed by atoms with Gasteiger partial charge in [-0.1, -0.05) is 41.7 Å². The molecule has 4 heterocycles. The Balaban J connectivity index is 1.80. The van der Waals surface area contributed by atoms with Crippen molar-refractivity contribution >= 4 is 38.8 Å². The molecule has 0 radical (unpaired) electrons. The van der Waals surface area contributed by atoms with E-state index in [0.717, 1.165) is 38.2 Å². The van der Waals surface area contributed by atoms with E-state index in [1.54, 1.807) is 11.3 Å². The van der Waals surface area contributed by atoms with Crippen molar-refractivity contribution in [1.82, 2.24) is 24.5 Å². The highest BCUT2D eigenvalue weighted by Crippen LogP contribution is 2.39. The summed E-state index contributed by atoms with van der Waals surface area (Å²) < 4.78 is 2.09. The Morgan fingerprint density at radius 3 is 2.59 bits per heavy atom. The van der Waals surface area contributed by atoms with Gasteiger partial charge in [0.2, 0.25) is 0 Å². The fraction of sp³-hybridized carbons (Fsp3) is 0.0526. The average molecular weight is 390 g/mol. The van der Waals surface area contributed by atoms with Gasteiger partial charge in [0, 0.05) is 23.6 Å². The fourth-order valence-electron chi connectivity index (χ4n) is 3.06. The molecule has 0 aliphatic rings. The summed E-state index contributed by atoms with van der Waals surface area (Å²) >= 11 is 3.15. The van der Waals surface area contributed by atoms with E-state index >= 15 is 0 Å². The zero-order valence-electron chi connectivity index (χ0n) is 14.3. The molecule has 0 fully saturated rings. The Morgan fingerprint density at radius 1 is 1.00 bits per heavy atom. The molecule has 6 nitrogen and oxygen atoms in total. The van der Waals surface area contributed by atoms with E-state index in [-0.39, 0.29) is 0 Å². The minimum absolute atomic E-state index is 0.393. The van der Waals surface area contributed by atoms with Crippen molar-refractivity contribution in [3.63, 3.8) is 0 Å². The minimum Gasteiger partial charge on any atom is -0.382 e. The van der Waals surface area contributed by atoms with Crippen LogP contribution >= 0.6 is 22.7 Å². The molecule has 0 aliphatic heterocycles. The van der Waals surface area contributed by atoms with Crippen LogP contribution in [0.3, 0.4) is 0 Å². The number of nitrogen functional groups attached to an aromatic ring is 1. The normalized spacial score (nSPS) is 11.3.